The third-order valence-electron chi connectivity index (χ3n) is 5.16. The van der Waals surface area contributed by atoms with Gasteiger partial charge in [-0.15, -0.1) is 0 Å². The Bertz CT molecular complexity index is 447. The minimum atomic E-state index is -0.182. The second-order valence-electron chi connectivity index (χ2n) is 8.28. The summed E-state index contributed by atoms with van der Waals surface area (Å²) in [7, 11) is 0. The second kappa shape index (κ2) is 23.3. The van der Waals surface area contributed by atoms with Crippen molar-refractivity contribution in [3.05, 3.63) is 12.2 Å². The molecule has 31 heavy (non-hydrogen) atoms. The molecule has 0 aromatic carbocycles. The summed E-state index contributed by atoms with van der Waals surface area (Å²) in [5.74, 6) is -0.294. The molecule has 1 atom stereocenters. The van der Waals surface area contributed by atoms with Crippen LogP contribution in [0.1, 0.15) is 117 Å². The first-order valence-electron chi connectivity index (χ1n) is 12.7. The van der Waals surface area contributed by atoms with Crippen LogP contribution in [0.2, 0.25) is 0 Å². The van der Waals surface area contributed by atoms with E-state index in [1.807, 2.05) is 0 Å². The largest absolute Gasteiger partial charge is 0.463 e. The lowest BCUT2D eigenvalue weighted by molar-refractivity contribution is -0.147. The van der Waals surface area contributed by atoms with E-state index in [2.05, 4.69) is 26.0 Å². The van der Waals surface area contributed by atoms with Crippen molar-refractivity contribution in [3.63, 3.8) is 0 Å². The normalized spacial score (nSPS) is 12.2. The number of unbranched alkanes of at least 4 members (excludes halogenated alkanes) is 9. The van der Waals surface area contributed by atoms with Gasteiger partial charge in [-0.25, -0.2) is 0 Å². The summed E-state index contributed by atoms with van der Waals surface area (Å²) >= 11 is 0. The first-order valence-corrected chi connectivity index (χ1v) is 12.7. The number of allylic oxidation sites excluding steroid dienone is 1. The van der Waals surface area contributed by atoms with Crippen LogP contribution in [0.4, 0.5) is 0 Å². The smallest absolute Gasteiger partial charge is 0.305 e. The zero-order valence-corrected chi connectivity index (χ0v) is 20.5. The molecule has 0 N–H and O–H groups in total. The molecule has 5 heteroatoms. The van der Waals surface area contributed by atoms with E-state index in [0.717, 1.165) is 70.8 Å². The van der Waals surface area contributed by atoms with Crippen molar-refractivity contribution in [2.24, 2.45) is 0 Å². The zero-order chi connectivity index (χ0) is 23.0. The minimum absolute atomic E-state index is 0.0215. The molecule has 0 bridgehead atoms. The Hall–Kier alpha value is -1.36. The molecule has 0 aromatic rings. The molecule has 0 aliphatic carbocycles. The zero-order valence-electron chi connectivity index (χ0n) is 20.5. The number of hydrogen-bond acceptors (Lipinski definition) is 5. The van der Waals surface area contributed by atoms with Crippen LogP contribution in [0.25, 0.3) is 0 Å². The van der Waals surface area contributed by atoms with Crippen molar-refractivity contribution in [3.8, 4) is 0 Å². The molecule has 1 unspecified atom stereocenters. The Morgan fingerprint density at radius 2 is 1.48 bits per heavy atom. The molecule has 5 nitrogen and oxygen atoms in total. The summed E-state index contributed by atoms with van der Waals surface area (Å²) in [5.41, 5.74) is 0. The Morgan fingerprint density at radius 3 is 2.23 bits per heavy atom. The number of hydrogen-bond donors (Lipinski definition) is 0. The van der Waals surface area contributed by atoms with Gasteiger partial charge in [0.15, 0.2) is 0 Å². The molecule has 0 saturated heterocycles. The number of esters is 2. The lowest BCUT2D eigenvalue weighted by atomic mass is 10.1. The van der Waals surface area contributed by atoms with Crippen LogP contribution in [0.3, 0.4) is 0 Å². The predicted molar refractivity (Wildman–Crippen MR) is 127 cm³/mol. The van der Waals surface area contributed by atoms with Gasteiger partial charge in [0.1, 0.15) is 12.7 Å². The third-order valence-corrected chi connectivity index (χ3v) is 5.16. The van der Waals surface area contributed by atoms with Crippen LogP contribution in [0.15, 0.2) is 12.2 Å². The fraction of sp³-hybridized carbons (Fsp3) is 0.846. The molecule has 0 aromatic heterocycles. The SMILES string of the molecule is CCCCCCC(CC=CCCCCCCCC(=O)OCCOCCCC)OC(C)=O. The van der Waals surface area contributed by atoms with E-state index in [-0.39, 0.29) is 18.0 Å². The minimum Gasteiger partial charge on any atom is -0.463 e. The molecule has 0 spiro atoms. The average Bonchev–Trinajstić information content (AvgIpc) is 2.74. The molecule has 0 aliphatic heterocycles. The van der Waals surface area contributed by atoms with E-state index in [9.17, 15) is 9.59 Å². The highest BCUT2D eigenvalue weighted by molar-refractivity contribution is 5.69. The van der Waals surface area contributed by atoms with Crippen LogP contribution in [-0.2, 0) is 23.8 Å². The van der Waals surface area contributed by atoms with E-state index in [1.165, 1.54) is 32.6 Å². The van der Waals surface area contributed by atoms with E-state index in [1.54, 1.807) is 0 Å². The molecule has 182 valence electrons. The van der Waals surface area contributed by atoms with Crippen LogP contribution in [0.5, 0.6) is 0 Å². The topological polar surface area (TPSA) is 61.8 Å². The van der Waals surface area contributed by atoms with Crippen LogP contribution in [-0.4, -0.2) is 37.9 Å². The maximum atomic E-state index is 11.6. The van der Waals surface area contributed by atoms with E-state index in [4.69, 9.17) is 14.2 Å². The summed E-state index contributed by atoms with van der Waals surface area (Å²) in [6.07, 6.45) is 20.1. The van der Waals surface area contributed by atoms with Gasteiger partial charge in [-0.3, -0.25) is 9.59 Å². The van der Waals surface area contributed by atoms with Gasteiger partial charge < -0.3 is 14.2 Å². The van der Waals surface area contributed by atoms with E-state index >= 15 is 0 Å². The van der Waals surface area contributed by atoms with E-state index < -0.39 is 0 Å². The summed E-state index contributed by atoms with van der Waals surface area (Å²) in [6, 6.07) is 0. The Morgan fingerprint density at radius 1 is 0.774 bits per heavy atom. The second-order valence-corrected chi connectivity index (χ2v) is 8.28. The maximum absolute atomic E-state index is 11.6. The average molecular weight is 441 g/mol. The fourth-order valence-corrected chi connectivity index (χ4v) is 3.32. The monoisotopic (exact) mass is 440 g/mol. The summed E-state index contributed by atoms with van der Waals surface area (Å²) < 4.78 is 16.0. The number of carbonyl (C=O) groups excluding carboxylic acids is 2. The molecule has 0 saturated carbocycles. The maximum Gasteiger partial charge on any atom is 0.305 e. The van der Waals surface area contributed by atoms with Crippen molar-refractivity contribution in [1.29, 1.82) is 0 Å². The van der Waals surface area contributed by atoms with Gasteiger partial charge in [0.05, 0.1) is 6.61 Å². The van der Waals surface area contributed by atoms with Crippen LogP contribution < -0.4 is 0 Å². The Balaban J connectivity index is 3.59. The number of rotatable bonds is 22. The molecule has 0 rings (SSSR count). The van der Waals surface area contributed by atoms with Gasteiger partial charge in [-0.05, 0) is 38.5 Å². The standard InChI is InChI=1S/C26H48O5/c1-4-6-8-15-18-25(31-24(3)27)19-16-13-11-9-10-12-14-17-20-26(28)30-23-22-29-21-7-5-2/h13,16,25H,4-12,14-15,17-23H2,1-3H3. The number of carbonyl (C=O) groups is 2. The lowest BCUT2D eigenvalue weighted by Crippen LogP contribution is -2.15. The molecule has 0 amide bonds. The van der Waals surface area contributed by atoms with Crippen molar-refractivity contribution in [2.45, 2.75) is 123 Å². The third kappa shape index (κ3) is 23.1. The highest BCUT2D eigenvalue weighted by atomic mass is 16.6. The molecule has 0 heterocycles. The Kier molecular flexibility index (Phi) is 22.3. The van der Waals surface area contributed by atoms with Gasteiger partial charge in [-0.1, -0.05) is 70.9 Å². The molecule has 0 radical (unpaired) electrons. The summed E-state index contributed by atoms with van der Waals surface area (Å²) in [5, 5.41) is 0. The van der Waals surface area contributed by atoms with Gasteiger partial charge in [0.2, 0.25) is 0 Å². The molecule has 0 fully saturated rings. The van der Waals surface area contributed by atoms with Crippen LogP contribution in [0, 0.1) is 0 Å². The Labute approximate surface area is 191 Å². The molecule has 0 aliphatic rings. The van der Waals surface area contributed by atoms with Gasteiger partial charge >= 0.3 is 11.9 Å². The predicted octanol–water partition coefficient (Wildman–Crippen LogP) is 6.93. The van der Waals surface area contributed by atoms with Crippen molar-refractivity contribution in [2.75, 3.05) is 19.8 Å². The summed E-state index contributed by atoms with van der Waals surface area (Å²) in [4.78, 5) is 22.9. The van der Waals surface area contributed by atoms with Crippen LogP contribution >= 0.6 is 0 Å². The van der Waals surface area contributed by atoms with Gasteiger partial charge in [-0.2, -0.15) is 0 Å². The van der Waals surface area contributed by atoms with Gasteiger partial charge in [0.25, 0.3) is 0 Å². The lowest BCUT2D eigenvalue weighted by Gasteiger charge is -2.15. The highest BCUT2D eigenvalue weighted by Crippen LogP contribution is 2.13. The first-order chi connectivity index (χ1) is 15.1. The quantitative estimate of drug-likeness (QED) is 0.104. The fourth-order valence-electron chi connectivity index (χ4n) is 3.32. The van der Waals surface area contributed by atoms with Gasteiger partial charge in [0, 0.05) is 26.4 Å². The van der Waals surface area contributed by atoms with E-state index in [0.29, 0.717) is 19.6 Å². The van der Waals surface area contributed by atoms with Crippen molar-refractivity contribution >= 4 is 11.9 Å². The molecular formula is C26H48O5. The van der Waals surface area contributed by atoms with Crippen molar-refractivity contribution < 1.29 is 23.8 Å². The number of ether oxygens (including phenoxy) is 3. The highest BCUT2D eigenvalue weighted by Gasteiger charge is 2.09. The van der Waals surface area contributed by atoms with Crippen molar-refractivity contribution in [1.82, 2.24) is 0 Å². The summed E-state index contributed by atoms with van der Waals surface area (Å²) in [6.45, 7) is 7.43. The first kappa shape index (κ1) is 29.6. The molecular weight excluding hydrogens is 392 g/mol.